The highest BCUT2D eigenvalue weighted by Crippen LogP contribution is 2.10. The number of amides is 1. The van der Waals surface area contributed by atoms with E-state index in [4.69, 9.17) is 5.11 Å². The van der Waals surface area contributed by atoms with Crippen LogP contribution in [0.1, 0.15) is 117 Å². The molecule has 0 aliphatic carbocycles. The van der Waals surface area contributed by atoms with Gasteiger partial charge in [0.05, 0.1) is 0 Å². The lowest BCUT2D eigenvalue weighted by Gasteiger charge is -2.05. The number of aliphatic hydroxyl groups is 1. The second kappa shape index (κ2) is 24.7. The molecule has 1 amide bonds. The Balaban J connectivity index is 0. The predicted molar refractivity (Wildman–Crippen MR) is 106 cm³/mol. The summed E-state index contributed by atoms with van der Waals surface area (Å²) in [6, 6.07) is 0. The van der Waals surface area contributed by atoms with Crippen molar-refractivity contribution in [3.8, 4) is 0 Å². The number of nitrogens with one attached hydrogen (secondary N) is 1. The van der Waals surface area contributed by atoms with Crippen molar-refractivity contribution >= 4 is 5.91 Å². The maximum atomic E-state index is 11.6. The van der Waals surface area contributed by atoms with Gasteiger partial charge in [-0.05, 0) is 19.3 Å². The zero-order valence-electron chi connectivity index (χ0n) is 16.9. The molecule has 146 valence electrons. The summed E-state index contributed by atoms with van der Waals surface area (Å²) in [5.74, 6) is 0.254. The van der Waals surface area contributed by atoms with Crippen molar-refractivity contribution in [3.05, 3.63) is 0 Å². The minimum absolute atomic E-state index is 0.254. The highest BCUT2D eigenvalue weighted by molar-refractivity contribution is 5.75. The van der Waals surface area contributed by atoms with Gasteiger partial charge in [0.1, 0.15) is 0 Å². The third-order valence-corrected chi connectivity index (χ3v) is 4.08. The Morgan fingerprint density at radius 1 is 0.667 bits per heavy atom. The van der Waals surface area contributed by atoms with E-state index in [1.54, 1.807) is 0 Å². The monoisotopic (exact) mass is 343 g/mol. The highest BCUT2D eigenvalue weighted by Gasteiger charge is 2.00. The van der Waals surface area contributed by atoms with Crippen molar-refractivity contribution in [1.82, 2.24) is 5.32 Å². The van der Waals surface area contributed by atoms with Crippen LogP contribution in [0.3, 0.4) is 0 Å². The fraction of sp³-hybridized carbons (Fsp3) is 0.952. The molecule has 0 aliphatic rings. The first-order chi connectivity index (χ1) is 11.7. The van der Waals surface area contributed by atoms with E-state index in [2.05, 4.69) is 19.2 Å². The standard InChI is InChI=1S/C18H37NO.C3H8O/c1-3-5-7-9-10-11-12-13-14-16-18(20)19-17-15-8-6-4-2;1-2-3-4/h3-17H2,1-2H3,(H,19,20);4H,2-3H2,1H3. The second-order valence-corrected chi connectivity index (χ2v) is 6.71. The molecule has 0 aliphatic heterocycles. The molecule has 3 heteroatoms. The average molecular weight is 344 g/mol. The Kier molecular flexibility index (Phi) is 26.4. The van der Waals surface area contributed by atoms with E-state index in [0.29, 0.717) is 6.61 Å². The first-order valence-electron chi connectivity index (χ1n) is 10.6. The topological polar surface area (TPSA) is 49.3 Å². The summed E-state index contributed by atoms with van der Waals surface area (Å²) in [6.45, 7) is 7.59. The SMILES string of the molecule is CCCCCCCCCCCC(=O)NCCCCCC.CCCO. The van der Waals surface area contributed by atoms with Crippen molar-refractivity contribution in [2.24, 2.45) is 0 Å². The smallest absolute Gasteiger partial charge is 0.219 e. The van der Waals surface area contributed by atoms with Crippen LogP contribution in [-0.4, -0.2) is 24.2 Å². The molecule has 0 unspecified atom stereocenters. The van der Waals surface area contributed by atoms with Gasteiger partial charge in [0.15, 0.2) is 0 Å². The number of carbonyl (C=O) groups is 1. The number of carbonyl (C=O) groups excluding carboxylic acids is 1. The molecule has 0 saturated carbocycles. The Morgan fingerprint density at radius 2 is 1.08 bits per heavy atom. The third kappa shape index (κ3) is 26.3. The number of hydrogen-bond donors (Lipinski definition) is 2. The molecular formula is C21H45NO2. The first-order valence-corrected chi connectivity index (χ1v) is 10.6. The van der Waals surface area contributed by atoms with Crippen LogP contribution < -0.4 is 5.32 Å². The molecule has 0 spiro atoms. The largest absolute Gasteiger partial charge is 0.396 e. The van der Waals surface area contributed by atoms with Crippen molar-refractivity contribution < 1.29 is 9.90 Å². The van der Waals surface area contributed by atoms with Crippen molar-refractivity contribution in [2.45, 2.75) is 117 Å². The zero-order valence-corrected chi connectivity index (χ0v) is 16.9. The number of hydrogen-bond acceptors (Lipinski definition) is 2. The van der Waals surface area contributed by atoms with Gasteiger partial charge < -0.3 is 10.4 Å². The highest BCUT2D eigenvalue weighted by atomic mass is 16.2. The lowest BCUT2D eigenvalue weighted by atomic mass is 10.1. The summed E-state index contributed by atoms with van der Waals surface area (Å²) >= 11 is 0. The Bertz CT molecular complexity index is 230. The Labute approximate surface area is 152 Å². The van der Waals surface area contributed by atoms with E-state index in [1.807, 2.05) is 6.92 Å². The van der Waals surface area contributed by atoms with Crippen molar-refractivity contribution in [1.29, 1.82) is 0 Å². The number of rotatable bonds is 16. The van der Waals surface area contributed by atoms with E-state index in [-0.39, 0.29) is 5.91 Å². The summed E-state index contributed by atoms with van der Waals surface area (Å²) < 4.78 is 0. The Morgan fingerprint density at radius 3 is 1.54 bits per heavy atom. The number of aliphatic hydroxyl groups excluding tert-OH is 1. The molecular weight excluding hydrogens is 298 g/mol. The van der Waals surface area contributed by atoms with Gasteiger partial charge in [0.25, 0.3) is 0 Å². The first kappa shape index (κ1) is 25.7. The second-order valence-electron chi connectivity index (χ2n) is 6.71. The van der Waals surface area contributed by atoms with Crippen LogP contribution in [0.15, 0.2) is 0 Å². The van der Waals surface area contributed by atoms with Crippen molar-refractivity contribution in [2.75, 3.05) is 13.2 Å². The molecule has 2 N–H and O–H groups in total. The van der Waals surface area contributed by atoms with Crippen LogP contribution in [0.5, 0.6) is 0 Å². The predicted octanol–water partition coefficient (Wildman–Crippen LogP) is 5.99. The summed E-state index contributed by atoms with van der Waals surface area (Å²) in [6.07, 6.45) is 18.3. The average Bonchev–Trinajstić information content (AvgIpc) is 2.60. The minimum atomic E-state index is 0.254. The van der Waals surface area contributed by atoms with Gasteiger partial charge in [-0.15, -0.1) is 0 Å². The van der Waals surface area contributed by atoms with Gasteiger partial charge in [-0.3, -0.25) is 4.79 Å². The molecule has 0 bridgehead atoms. The number of unbranched alkanes of at least 4 members (excludes halogenated alkanes) is 11. The van der Waals surface area contributed by atoms with Crippen molar-refractivity contribution in [3.63, 3.8) is 0 Å². The normalized spacial score (nSPS) is 10.2. The van der Waals surface area contributed by atoms with Crippen LogP contribution in [-0.2, 0) is 4.79 Å². The lowest BCUT2D eigenvalue weighted by molar-refractivity contribution is -0.121. The molecule has 0 atom stereocenters. The summed E-state index contributed by atoms with van der Waals surface area (Å²) in [7, 11) is 0. The third-order valence-electron chi connectivity index (χ3n) is 4.08. The van der Waals surface area contributed by atoms with E-state index in [0.717, 1.165) is 32.2 Å². The van der Waals surface area contributed by atoms with E-state index in [9.17, 15) is 4.79 Å². The molecule has 0 radical (unpaired) electrons. The molecule has 0 aromatic heterocycles. The van der Waals surface area contributed by atoms with Crippen LogP contribution in [0.25, 0.3) is 0 Å². The molecule has 24 heavy (non-hydrogen) atoms. The van der Waals surface area contributed by atoms with Gasteiger partial charge in [-0.2, -0.15) is 0 Å². The summed E-state index contributed by atoms with van der Waals surface area (Å²) in [4.78, 5) is 11.6. The summed E-state index contributed by atoms with van der Waals surface area (Å²) in [5, 5.41) is 10.9. The molecule has 0 fully saturated rings. The minimum Gasteiger partial charge on any atom is -0.396 e. The van der Waals surface area contributed by atoms with E-state index < -0.39 is 0 Å². The molecule has 0 aromatic carbocycles. The summed E-state index contributed by atoms with van der Waals surface area (Å²) in [5.41, 5.74) is 0. The van der Waals surface area contributed by atoms with Crippen LogP contribution >= 0.6 is 0 Å². The van der Waals surface area contributed by atoms with Gasteiger partial charge in [-0.1, -0.05) is 91.4 Å². The van der Waals surface area contributed by atoms with Crippen LogP contribution in [0, 0.1) is 0 Å². The zero-order chi connectivity index (χ0) is 18.3. The lowest BCUT2D eigenvalue weighted by Crippen LogP contribution is -2.23. The van der Waals surface area contributed by atoms with Gasteiger partial charge in [0.2, 0.25) is 5.91 Å². The molecule has 0 aromatic rings. The molecule has 0 heterocycles. The van der Waals surface area contributed by atoms with Gasteiger partial charge in [-0.25, -0.2) is 0 Å². The van der Waals surface area contributed by atoms with Gasteiger partial charge >= 0.3 is 0 Å². The van der Waals surface area contributed by atoms with E-state index in [1.165, 1.54) is 70.6 Å². The maximum Gasteiger partial charge on any atom is 0.219 e. The molecule has 3 nitrogen and oxygen atoms in total. The van der Waals surface area contributed by atoms with Gasteiger partial charge in [0, 0.05) is 19.6 Å². The quantitative estimate of drug-likeness (QED) is 0.338. The molecule has 0 rings (SSSR count). The maximum absolute atomic E-state index is 11.6. The Hall–Kier alpha value is -0.570. The van der Waals surface area contributed by atoms with Crippen LogP contribution in [0.4, 0.5) is 0 Å². The van der Waals surface area contributed by atoms with E-state index >= 15 is 0 Å². The molecule has 0 saturated heterocycles. The fourth-order valence-electron chi connectivity index (χ4n) is 2.46. The fourth-order valence-corrected chi connectivity index (χ4v) is 2.46. The van der Waals surface area contributed by atoms with Crippen LogP contribution in [0.2, 0.25) is 0 Å².